The molecule has 3 aromatic carbocycles. The Morgan fingerprint density at radius 3 is 1.50 bits per heavy atom. The summed E-state index contributed by atoms with van der Waals surface area (Å²) in [6, 6.07) is 26.7. The van der Waals surface area contributed by atoms with Gasteiger partial charge in [0.1, 0.15) is 0 Å². The summed E-state index contributed by atoms with van der Waals surface area (Å²) in [6.07, 6.45) is 0. The number of hydrogen-bond donors (Lipinski definition) is 0. The van der Waals surface area contributed by atoms with Gasteiger partial charge in [0.05, 0.1) is 0 Å². The molecule has 0 unspecified atom stereocenters. The second-order valence-corrected chi connectivity index (χ2v) is 9.20. The molecule has 0 bridgehead atoms. The van der Waals surface area contributed by atoms with Gasteiger partial charge in [-0.05, 0) is 44.2 Å². The predicted octanol–water partition coefficient (Wildman–Crippen LogP) is 7.62. The molecule has 0 aliphatic carbocycles. The van der Waals surface area contributed by atoms with Gasteiger partial charge in [-0.2, -0.15) is 0 Å². The van der Waals surface area contributed by atoms with E-state index in [-0.39, 0.29) is 10.8 Å². The average molecular weight is 343 g/mol. The molecule has 3 rings (SSSR count). The summed E-state index contributed by atoms with van der Waals surface area (Å²) in [5.41, 5.74) is 8.20. The molecule has 0 aliphatic heterocycles. The van der Waals surface area contributed by atoms with Crippen LogP contribution in [0.3, 0.4) is 0 Å². The molecule has 0 amide bonds. The third-order valence-corrected chi connectivity index (χ3v) is 5.03. The maximum atomic E-state index is 2.36. The molecule has 134 valence electrons. The monoisotopic (exact) mass is 342 g/mol. The molecule has 0 nitrogen and oxygen atoms in total. The molecule has 0 N–H and O–H groups in total. The van der Waals surface area contributed by atoms with Crippen LogP contribution in [-0.4, -0.2) is 0 Å². The van der Waals surface area contributed by atoms with E-state index >= 15 is 0 Å². The van der Waals surface area contributed by atoms with Gasteiger partial charge in [-0.1, -0.05) is 114 Å². The normalized spacial score (nSPS) is 12.2. The molecular formula is C26H30. The highest BCUT2D eigenvalue weighted by atomic mass is 14.2. The lowest BCUT2D eigenvalue weighted by Crippen LogP contribution is -2.11. The van der Waals surface area contributed by atoms with E-state index in [2.05, 4.69) is 114 Å². The average Bonchev–Trinajstić information content (AvgIpc) is 2.60. The lowest BCUT2D eigenvalue weighted by atomic mass is 9.82. The first-order valence-corrected chi connectivity index (χ1v) is 9.47. The van der Waals surface area contributed by atoms with Crippen molar-refractivity contribution in [1.82, 2.24) is 0 Å². The molecule has 0 heterocycles. The van der Waals surface area contributed by atoms with Crippen LogP contribution in [0.25, 0.3) is 22.3 Å². The van der Waals surface area contributed by atoms with Crippen molar-refractivity contribution in [1.29, 1.82) is 0 Å². The summed E-state index contributed by atoms with van der Waals surface area (Å²) in [5.74, 6) is 0. The van der Waals surface area contributed by atoms with Crippen LogP contribution in [0.5, 0.6) is 0 Å². The van der Waals surface area contributed by atoms with Crippen LogP contribution in [0.4, 0.5) is 0 Å². The predicted molar refractivity (Wildman–Crippen MR) is 115 cm³/mol. The van der Waals surface area contributed by atoms with E-state index in [1.807, 2.05) is 0 Å². The minimum absolute atomic E-state index is 0.137. The van der Waals surface area contributed by atoms with Crippen LogP contribution >= 0.6 is 0 Å². The topological polar surface area (TPSA) is 0 Å². The summed E-state index contributed by atoms with van der Waals surface area (Å²) in [7, 11) is 0. The van der Waals surface area contributed by atoms with Crippen molar-refractivity contribution in [3.63, 3.8) is 0 Å². The molecule has 0 fully saturated rings. The highest BCUT2D eigenvalue weighted by Gasteiger charge is 2.18. The van der Waals surface area contributed by atoms with Crippen LogP contribution in [0.1, 0.15) is 52.7 Å². The van der Waals surface area contributed by atoms with Gasteiger partial charge >= 0.3 is 0 Å². The molecular weight excluding hydrogens is 312 g/mol. The SMILES string of the molecule is CC(C)(C)c1ccc(-c2ccc(C(C)(C)C)cc2-c2ccccc2)cc1. The van der Waals surface area contributed by atoms with Crippen LogP contribution in [-0.2, 0) is 10.8 Å². The first-order chi connectivity index (χ1) is 12.2. The quantitative estimate of drug-likeness (QED) is 0.449. The minimum atomic E-state index is 0.137. The van der Waals surface area contributed by atoms with Crippen molar-refractivity contribution in [3.8, 4) is 22.3 Å². The standard InChI is InChI=1S/C26H30/c1-25(2,3)21-14-12-20(13-15-21)23-17-16-22(26(4,5)6)18-24(23)19-10-8-7-9-11-19/h7-18H,1-6H3. The number of rotatable bonds is 2. The Hall–Kier alpha value is -2.34. The fourth-order valence-electron chi connectivity index (χ4n) is 3.27. The van der Waals surface area contributed by atoms with Crippen molar-refractivity contribution in [3.05, 3.63) is 83.9 Å². The first-order valence-electron chi connectivity index (χ1n) is 9.47. The van der Waals surface area contributed by atoms with E-state index in [1.54, 1.807) is 0 Å². The van der Waals surface area contributed by atoms with E-state index in [1.165, 1.54) is 33.4 Å². The lowest BCUT2D eigenvalue weighted by molar-refractivity contribution is 0.590. The fraction of sp³-hybridized carbons (Fsp3) is 0.308. The van der Waals surface area contributed by atoms with Gasteiger partial charge in [0.2, 0.25) is 0 Å². The van der Waals surface area contributed by atoms with Crippen molar-refractivity contribution in [2.75, 3.05) is 0 Å². The van der Waals surface area contributed by atoms with Gasteiger partial charge in [0.25, 0.3) is 0 Å². The summed E-state index contributed by atoms with van der Waals surface area (Å²) < 4.78 is 0. The highest BCUT2D eigenvalue weighted by molar-refractivity contribution is 5.84. The van der Waals surface area contributed by atoms with Crippen molar-refractivity contribution in [2.45, 2.75) is 52.4 Å². The zero-order valence-corrected chi connectivity index (χ0v) is 16.9. The minimum Gasteiger partial charge on any atom is -0.0622 e. The molecule has 3 aromatic rings. The molecule has 26 heavy (non-hydrogen) atoms. The number of hydrogen-bond acceptors (Lipinski definition) is 0. The van der Waals surface area contributed by atoms with Gasteiger partial charge < -0.3 is 0 Å². The molecule has 0 aromatic heterocycles. The Kier molecular flexibility index (Phi) is 4.80. The smallest absolute Gasteiger partial charge is 0.0102 e. The Labute approximate surface area is 158 Å². The zero-order chi connectivity index (χ0) is 18.9. The third kappa shape index (κ3) is 3.90. The second-order valence-electron chi connectivity index (χ2n) is 9.20. The van der Waals surface area contributed by atoms with Crippen molar-refractivity contribution >= 4 is 0 Å². The number of benzene rings is 3. The van der Waals surface area contributed by atoms with Crippen molar-refractivity contribution < 1.29 is 0 Å². The Morgan fingerprint density at radius 1 is 0.462 bits per heavy atom. The summed E-state index contributed by atoms with van der Waals surface area (Å²) >= 11 is 0. The Morgan fingerprint density at radius 2 is 0.962 bits per heavy atom. The molecule has 0 saturated heterocycles. The lowest BCUT2D eigenvalue weighted by Gasteiger charge is -2.22. The molecule has 0 saturated carbocycles. The maximum absolute atomic E-state index is 2.36. The van der Waals surface area contributed by atoms with Gasteiger partial charge in [0.15, 0.2) is 0 Å². The maximum Gasteiger partial charge on any atom is -0.0102 e. The summed E-state index contributed by atoms with van der Waals surface area (Å²) in [6.45, 7) is 13.6. The molecule has 0 aliphatic rings. The Bertz CT molecular complexity index is 870. The van der Waals surface area contributed by atoms with Crippen LogP contribution < -0.4 is 0 Å². The van der Waals surface area contributed by atoms with E-state index in [9.17, 15) is 0 Å². The van der Waals surface area contributed by atoms with Crippen LogP contribution in [0.15, 0.2) is 72.8 Å². The largest absolute Gasteiger partial charge is 0.0622 e. The second kappa shape index (κ2) is 6.76. The molecule has 0 radical (unpaired) electrons. The van der Waals surface area contributed by atoms with Gasteiger partial charge in [-0.15, -0.1) is 0 Å². The Balaban J connectivity index is 2.15. The van der Waals surface area contributed by atoms with Gasteiger partial charge in [-0.3, -0.25) is 0 Å². The summed E-state index contributed by atoms with van der Waals surface area (Å²) in [5, 5.41) is 0. The third-order valence-electron chi connectivity index (χ3n) is 5.03. The van der Waals surface area contributed by atoms with Crippen molar-refractivity contribution in [2.24, 2.45) is 0 Å². The molecule has 0 atom stereocenters. The summed E-state index contributed by atoms with van der Waals surface area (Å²) in [4.78, 5) is 0. The molecule has 0 heteroatoms. The van der Waals surface area contributed by atoms with Gasteiger partial charge in [0, 0.05) is 0 Å². The van der Waals surface area contributed by atoms with E-state index in [0.717, 1.165) is 0 Å². The molecule has 0 spiro atoms. The van der Waals surface area contributed by atoms with Crippen LogP contribution in [0.2, 0.25) is 0 Å². The zero-order valence-electron chi connectivity index (χ0n) is 16.9. The highest BCUT2D eigenvalue weighted by Crippen LogP contribution is 2.36. The van der Waals surface area contributed by atoms with Crippen LogP contribution in [0, 0.1) is 0 Å². The van der Waals surface area contributed by atoms with E-state index < -0.39 is 0 Å². The first kappa shape index (κ1) is 18.5. The van der Waals surface area contributed by atoms with E-state index in [4.69, 9.17) is 0 Å². The fourth-order valence-corrected chi connectivity index (χ4v) is 3.27. The van der Waals surface area contributed by atoms with E-state index in [0.29, 0.717) is 0 Å². The van der Waals surface area contributed by atoms with Gasteiger partial charge in [-0.25, -0.2) is 0 Å².